The summed E-state index contributed by atoms with van der Waals surface area (Å²) in [5.74, 6) is 0. The minimum absolute atomic E-state index is 0.205. The number of thiophene rings is 1. The van der Waals surface area contributed by atoms with Crippen LogP contribution in [0.2, 0.25) is 0 Å². The van der Waals surface area contributed by atoms with E-state index in [1.165, 1.54) is 23.3 Å². The third-order valence-electron chi connectivity index (χ3n) is 3.75. The molecule has 1 fully saturated rings. The summed E-state index contributed by atoms with van der Waals surface area (Å²) in [6.07, 6.45) is 2.57. The fourth-order valence-electron chi connectivity index (χ4n) is 2.85. The first-order chi connectivity index (χ1) is 6.97. The van der Waals surface area contributed by atoms with Crippen molar-refractivity contribution in [2.24, 2.45) is 5.41 Å². The minimum atomic E-state index is 0.205. The average molecular weight is 223 g/mol. The zero-order chi connectivity index (χ0) is 11.1. The molecule has 0 aromatic carbocycles. The first kappa shape index (κ1) is 11.2. The van der Waals surface area contributed by atoms with Gasteiger partial charge in [-0.05, 0) is 48.7 Å². The molecule has 0 bridgehead atoms. The van der Waals surface area contributed by atoms with Gasteiger partial charge in [0.2, 0.25) is 0 Å². The Morgan fingerprint density at radius 1 is 1.40 bits per heavy atom. The fourth-order valence-corrected chi connectivity index (χ4v) is 3.62. The molecule has 2 rings (SSSR count). The SMILES string of the molecule is Cc1sccc1C1(C(C)(C)C)CCCN1. The smallest absolute Gasteiger partial charge is 0.0495 e. The summed E-state index contributed by atoms with van der Waals surface area (Å²) in [6.45, 7) is 10.5. The van der Waals surface area contributed by atoms with E-state index >= 15 is 0 Å². The molecule has 1 aromatic heterocycles. The largest absolute Gasteiger partial charge is 0.307 e. The molecule has 1 aliphatic heterocycles. The van der Waals surface area contributed by atoms with E-state index in [9.17, 15) is 0 Å². The minimum Gasteiger partial charge on any atom is -0.307 e. The average Bonchev–Trinajstić information content (AvgIpc) is 2.70. The van der Waals surface area contributed by atoms with E-state index in [-0.39, 0.29) is 11.0 Å². The molecule has 0 spiro atoms. The molecule has 0 aliphatic carbocycles. The molecular formula is C13H21NS. The standard InChI is InChI=1S/C13H21NS/c1-10-11(6-9-15-10)13(12(2,3)4)7-5-8-14-13/h6,9,14H,5,7-8H2,1-4H3. The Hall–Kier alpha value is -0.340. The van der Waals surface area contributed by atoms with E-state index in [0.717, 1.165) is 6.54 Å². The Morgan fingerprint density at radius 2 is 2.13 bits per heavy atom. The third-order valence-corrected chi connectivity index (χ3v) is 4.60. The lowest BCUT2D eigenvalue weighted by molar-refractivity contribution is 0.160. The molecule has 1 aliphatic rings. The van der Waals surface area contributed by atoms with Crippen molar-refractivity contribution in [1.29, 1.82) is 0 Å². The first-order valence-electron chi connectivity index (χ1n) is 5.77. The molecule has 2 heterocycles. The van der Waals surface area contributed by atoms with Crippen molar-refractivity contribution in [1.82, 2.24) is 5.32 Å². The number of aryl methyl sites for hydroxylation is 1. The summed E-state index contributed by atoms with van der Waals surface area (Å²) in [7, 11) is 0. The molecule has 1 saturated heterocycles. The van der Waals surface area contributed by atoms with Gasteiger partial charge in [-0.25, -0.2) is 0 Å². The van der Waals surface area contributed by atoms with Gasteiger partial charge < -0.3 is 5.32 Å². The normalized spacial score (nSPS) is 27.2. The van der Waals surface area contributed by atoms with Crippen molar-refractivity contribution in [3.8, 4) is 0 Å². The lowest BCUT2D eigenvalue weighted by Gasteiger charge is -2.42. The van der Waals surface area contributed by atoms with Crippen LogP contribution >= 0.6 is 11.3 Å². The lowest BCUT2D eigenvalue weighted by atomic mass is 9.68. The van der Waals surface area contributed by atoms with E-state index < -0.39 is 0 Å². The molecule has 1 unspecified atom stereocenters. The zero-order valence-corrected chi connectivity index (χ0v) is 11.0. The predicted octanol–water partition coefficient (Wildman–Crippen LogP) is 3.68. The highest BCUT2D eigenvalue weighted by Crippen LogP contribution is 2.47. The van der Waals surface area contributed by atoms with E-state index in [0.29, 0.717) is 0 Å². The number of rotatable bonds is 1. The Balaban J connectivity index is 2.49. The molecule has 1 N–H and O–H groups in total. The van der Waals surface area contributed by atoms with Crippen LogP contribution in [0.15, 0.2) is 11.4 Å². The van der Waals surface area contributed by atoms with Gasteiger partial charge >= 0.3 is 0 Å². The van der Waals surface area contributed by atoms with E-state index in [1.54, 1.807) is 0 Å². The Bertz CT molecular complexity index is 340. The van der Waals surface area contributed by atoms with Crippen molar-refractivity contribution in [3.63, 3.8) is 0 Å². The monoisotopic (exact) mass is 223 g/mol. The van der Waals surface area contributed by atoms with Gasteiger partial charge in [-0.2, -0.15) is 0 Å². The summed E-state index contributed by atoms with van der Waals surface area (Å²) in [5.41, 5.74) is 2.02. The van der Waals surface area contributed by atoms with Crippen LogP contribution in [-0.4, -0.2) is 6.54 Å². The Morgan fingerprint density at radius 3 is 2.53 bits per heavy atom. The van der Waals surface area contributed by atoms with Gasteiger partial charge in [-0.15, -0.1) is 11.3 Å². The molecule has 1 aromatic rings. The van der Waals surface area contributed by atoms with Crippen molar-refractivity contribution in [2.75, 3.05) is 6.54 Å². The second kappa shape index (κ2) is 3.60. The summed E-state index contributed by atoms with van der Waals surface area (Å²) in [5, 5.41) is 5.98. The maximum atomic E-state index is 3.76. The Labute approximate surface area is 96.9 Å². The van der Waals surface area contributed by atoms with E-state index in [1.807, 2.05) is 11.3 Å². The number of hydrogen-bond acceptors (Lipinski definition) is 2. The summed E-state index contributed by atoms with van der Waals surface area (Å²) in [6, 6.07) is 2.31. The second-order valence-electron chi connectivity index (χ2n) is 5.58. The van der Waals surface area contributed by atoms with Gasteiger partial charge in [0.05, 0.1) is 0 Å². The summed E-state index contributed by atoms with van der Waals surface area (Å²) < 4.78 is 0. The highest BCUT2D eigenvalue weighted by Gasteiger charge is 2.46. The molecule has 1 nitrogen and oxygen atoms in total. The van der Waals surface area contributed by atoms with Gasteiger partial charge in [0.25, 0.3) is 0 Å². The van der Waals surface area contributed by atoms with Crippen molar-refractivity contribution in [3.05, 3.63) is 21.9 Å². The molecular weight excluding hydrogens is 202 g/mol. The van der Waals surface area contributed by atoms with Crippen LogP contribution < -0.4 is 5.32 Å². The molecule has 84 valence electrons. The third kappa shape index (κ3) is 1.64. The van der Waals surface area contributed by atoms with Crippen molar-refractivity contribution in [2.45, 2.75) is 46.1 Å². The van der Waals surface area contributed by atoms with Crippen LogP contribution in [0.1, 0.15) is 44.1 Å². The molecule has 0 radical (unpaired) electrons. The lowest BCUT2D eigenvalue weighted by Crippen LogP contribution is -2.48. The number of nitrogens with one attached hydrogen (secondary N) is 1. The quantitative estimate of drug-likeness (QED) is 0.766. The number of hydrogen-bond donors (Lipinski definition) is 1. The van der Waals surface area contributed by atoms with Gasteiger partial charge in [-0.1, -0.05) is 20.8 Å². The maximum absolute atomic E-state index is 3.76. The predicted molar refractivity (Wildman–Crippen MR) is 67.4 cm³/mol. The van der Waals surface area contributed by atoms with Crippen LogP contribution in [0.25, 0.3) is 0 Å². The van der Waals surface area contributed by atoms with Gasteiger partial charge in [0.15, 0.2) is 0 Å². The highest BCUT2D eigenvalue weighted by atomic mass is 32.1. The fraction of sp³-hybridized carbons (Fsp3) is 0.692. The summed E-state index contributed by atoms with van der Waals surface area (Å²) >= 11 is 1.87. The van der Waals surface area contributed by atoms with Crippen LogP contribution in [0, 0.1) is 12.3 Å². The molecule has 0 amide bonds. The Kier molecular flexibility index (Phi) is 2.68. The molecule has 1 atom stereocenters. The van der Waals surface area contributed by atoms with E-state index in [4.69, 9.17) is 0 Å². The highest BCUT2D eigenvalue weighted by molar-refractivity contribution is 7.10. The first-order valence-corrected chi connectivity index (χ1v) is 6.65. The molecule has 0 saturated carbocycles. The van der Waals surface area contributed by atoms with Crippen molar-refractivity contribution < 1.29 is 0 Å². The van der Waals surface area contributed by atoms with Gasteiger partial charge in [-0.3, -0.25) is 0 Å². The van der Waals surface area contributed by atoms with Gasteiger partial charge in [0.1, 0.15) is 0 Å². The van der Waals surface area contributed by atoms with Crippen LogP contribution in [0.4, 0.5) is 0 Å². The van der Waals surface area contributed by atoms with Crippen molar-refractivity contribution >= 4 is 11.3 Å². The summed E-state index contributed by atoms with van der Waals surface area (Å²) in [4.78, 5) is 1.47. The van der Waals surface area contributed by atoms with Crippen LogP contribution in [0.5, 0.6) is 0 Å². The molecule has 15 heavy (non-hydrogen) atoms. The molecule has 2 heteroatoms. The second-order valence-corrected chi connectivity index (χ2v) is 6.70. The van der Waals surface area contributed by atoms with E-state index in [2.05, 4.69) is 44.5 Å². The van der Waals surface area contributed by atoms with Crippen LogP contribution in [-0.2, 0) is 5.54 Å². The van der Waals surface area contributed by atoms with Crippen LogP contribution in [0.3, 0.4) is 0 Å². The zero-order valence-electron chi connectivity index (χ0n) is 10.2. The topological polar surface area (TPSA) is 12.0 Å². The van der Waals surface area contributed by atoms with Gasteiger partial charge in [0, 0.05) is 10.4 Å². The maximum Gasteiger partial charge on any atom is 0.0495 e.